The fourth-order valence-corrected chi connectivity index (χ4v) is 10.6. The number of rotatable bonds is 11. The number of aliphatic hydroxyl groups excluding tert-OH is 1. The van der Waals surface area contributed by atoms with Gasteiger partial charge in [-0.1, -0.05) is 58.0 Å². The molecular weight excluding hydrogens is 863 g/mol. The molecule has 4 aliphatic rings. The molecule has 374 valence electrons. The summed E-state index contributed by atoms with van der Waals surface area (Å²) in [5.41, 5.74) is -3.73. The Bertz CT molecular complexity index is 1800. The van der Waals surface area contributed by atoms with E-state index in [9.17, 15) is 29.4 Å². The van der Waals surface area contributed by atoms with Gasteiger partial charge in [-0.15, -0.1) is 0 Å². The average Bonchev–Trinajstić information content (AvgIpc) is 3.57. The summed E-state index contributed by atoms with van der Waals surface area (Å²) in [6.45, 7) is 18.5. The first-order valence-corrected chi connectivity index (χ1v) is 23.2. The number of likely N-dealkylation sites (N-methyl/N-ethyl adjacent to an activating group) is 1. The fourth-order valence-electron chi connectivity index (χ4n) is 10.6. The van der Waals surface area contributed by atoms with Crippen LogP contribution in [-0.2, 0) is 68.3 Å². The molecule has 0 aromatic heterocycles. The maximum atomic E-state index is 14.7. The lowest BCUT2D eigenvalue weighted by Gasteiger charge is -2.49. The number of carbonyl (C=O) groups excluding carboxylic acids is 4. The Morgan fingerprint density at radius 1 is 0.879 bits per heavy atom. The van der Waals surface area contributed by atoms with E-state index in [4.69, 9.17) is 52.1 Å². The average molecular weight is 938 g/mol. The van der Waals surface area contributed by atoms with E-state index in [2.05, 4.69) is 0 Å². The van der Waals surface area contributed by atoms with Gasteiger partial charge in [-0.25, -0.2) is 9.59 Å². The Hall–Kier alpha value is -3.62. The van der Waals surface area contributed by atoms with Crippen LogP contribution in [0.15, 0.2) is 30.3 Å². The summed E-state index contributed by atoms with van der Waals surface area (Å²) in [7, 11) is 5.20. The third-order valence-corrected chi connectivity index (χ3v) is 14.2. The molecule has 0 bridgehead atoms. The highest BCUT2D eigenvalue weighted by Crippen LogP contribution is 2.44. The minimum absolute atomic E-state index is 0.00537. The second-order valence-corrected chi connectivity index (χ2v) is 19.8. The normalized spacial score (nSPS) is 42.5. The molecule has 2 N–H and O–H groups in total. The van der Waals surface area contributed by atoms with Crippen LogP contribution in [0.5, 0.6) is 0 Å². The number of hydrogen-bond donors (Lipinski definition) is 2. The molecular formula is C48H75NO17. The van der Waals surface area contributed by atoms with E-state index in [1.165, 1.54) is 14.0 Å². The molecule has 1 aromatic carbocycles. The van der Waals surface area contributed by atoms with Gasteiger partial charge in [0.2, 0.25) is 0 Å². The lowest BCUT2D eigenvalue weighted by molar-refractivity contribution is -0.319. The van der Waals surface area contributed by atoms with E-state index in [0.29, 0.717) is 6.42 Å². The summed E-state index contributed by atoms with van der Waals surface area (Å²) < 4.78 is 67.6. The number of benzene rings is 1. The Balaban J connectivity index is 1.56. The van der Waals surface area contributed by atoms with Gasteiger partial charge in [0.05, 0.1) is 48.1 Å². The highest BCUT2D eigenvalue weighted by molar-refractivity contribution is 5.73. The van der Waals surface area contributed by atoms with Crippen LogP contribution in [0.2, 0.25) is 0 Å². The summed E-state index contributed by atoms with van der Waals surface area (Å²) in [4.78, 5) is 55.1. The van der Waals surface area contributed by atoms with Crippen molar-refractivity contribution in [2.24, 2.45) is 23.7 Å². The molecule has 4 fully saturated rings. The molecule has 4 saturated heterocycles. The molecule has 1 aromatic rings. The largest absolute Gasteiger partial charge is 0.509 e. The van der Waals surface area contributed by atoms with Crippen molar-refractivity contribution < 1.29 is 81.5 Å². The first-order chi connectivity index (χ1) is 30.8. The smallest absolute Gasteiger partial charge is 0.458 e. The first-order valence-electron chi connectivity index (χ1n) is 23.2. The molecule has 18 nitrogen and oxygen atoms in total. The SMILES string of the molecule is CC[C@H]1OC(=O)[C@H](C)[C@@H](O[C@H]2C[C@](C)(OC)[C@H](OC(=O)OCc3ccccc3)[C@@H](C)O2)[C@H](C)[C@@H](O[C@@H]2O[C@H](C)C[C@H](N(C)C)[C@H]2OC(C)=O)[C@@](C)(O)C[C@@H](C)[C@H](O)[C@H](C)[C@H]2OC(=O)O[C@@]21C. The molecule has 0 unspecified atom stereocenters. The highest BCUT2D eigenvalue weighted by atomic mass is 16.8. The van der Waals surface area contributed by atoms with Gasteiger partial charge in [0.1, 0.15) is 18.3 Å². The van der Waals surface area contributed by atoms with Crippen molar-refractivity contribution in [3.63, 3.8) is 0 Å². The summed E-state index contributed by atoms with van der Waals surface area (Å²) in [6, 6.07) is 8.83. The summed E-state index contributed by atoms with van der Waals surface area (Å²) in [6.07, 6.45) is -12.2. The number of hydrogen-bond acceptors (Lipinski definition) is 18. The predicted octanol–water partition coefficient (Wildman–Crippen LogP) is 5.69. The molecule has 0 radical (unpaired) electrons. The zero-order valence-electron chi connectivity index (χ0n) is 41.1. The Morgan fingerprint density at radius 3 is 2.15 bits per heavy atom. The van der Waals surface area contributed by atoms with Gasteiger partial charge < -0.3 is 67.2 Å². The molecule has 4 heterocycles. The first kappa shape index (κ1) is 53.3. The van der Waals surface area contributed by atoms with Gasteiger partial charge in [-0.3, -0.25) is 9.59 Å². The van der Waals surface area contributed by atoms with E-state index in [-0.39, 0.29) is 38.0 Å². The van der Waals surface area contributed by atoms with E-state index < -0.39 is 126 Å². The highest BCUT2D eigenvalue weighted by Gasteiger charge is 2.59. The zero-order valence-corrected chi connectivity index (χ0v) is 41.1. The van der Waals surface area contributed by atoms with Gasteiger partial charge >= 0.3 is 24.2 Å². The second kappa shape index (κ2) is 21.8. The van der Waals surface area contributed by atoms with Crippen molar-refractivity contribution >= 4 is 24.2 Å². The molecule has 4 aliphatic heterocycles. The van der Waals surface area contributed by atoms with Crippen LogP contribution in [0.3, 0.4) is 0 Å². The molecule has 18 heteroatoms. The van der Waals surface area contributed by atoms with E-state index in [0.717, 1.165) is 5.56 Å². The topological polar surface area (TPSA) is 214 Å². The van der Waals surface area contributed by atoms with Gasteiger partial charge in [0.25, 0.3) is 0 Å². The summed E-state index contributed by atoms with van der Waals surface area (Å²) in [5.74, 6) is -4.70. The molecule has 0 spiro atoms. The zero-order chi connectivity index (χ0) is 49.1. The van der Waals surface area contributed by atoms with Crippen LogP contribution in [-0.4, -0.2) is 151 Å². The Labute approximate surface area is 389 Å². The molecule has 0 aliphatic carbocycles. The maximum Gasteiger partial charge on any atom is 0.509 e. The lowest BCUT2D eigenvalue weighted by Crippen LogP contribution is -2.62. The van der Waals surface area contributed by atoms with Crippen molar-refractivity contribution in [2.45, 2.75) is 199 Å². The van der Waals surface area contributed by atoms with Crippen molar-refractivity contribution in [3.05, 3.63) is 35.9 Å². The minimum atomic E-state index is -1.81. The number of methoxy groups -OCH3 is 1. The second-order valence-electron chi connectivity index (χ2n) is 19.8. The van der Waals surface area contributed by atoms with E-state index >= 15 is 0 Å². The summed E-state index contributed by atoms with van der Waals surface area (Å²) in [5, 5.41) is 24.8. The Morgan fingerprint density at radius 2 is 1.55 bits per heavy atom. The third-order valence-electron chi connectivity index (χ3n) is 14.2. The lowest BCUT2D eigenvalue weighted by atomic mass is 9.73. The number of esters is 2. The van der Waals surface area contributed by atoms with Crippen LogP contribution in [0.4, 0.5) is 9.59 Å². The molecule has 66 heavy (non-hydrogen) atoms. The van der Waals surface area contributed by atoms with Crippen molar-refractivity contribution in [1.82, 2.24) is 4.90 Å². The van der Waals surface area contributed by atoms with Gasteiger partial charge in [-0.2, -0.15) is 0 Å². The third kappa shape index (κ3) is 12.0. The van der Waals surface area contributed by atoms with E-state index in [1.54, 1.807) is 62.3 Å². The van der Waals surface area contributed by atoms with Gasteiger partial charge in [0, 0.05) is 32.3 Å². The molecule has 5 rings (SSSR count). The minimum Gasteiger partial charge on any atom is -0.458 e. The quantitative estimate of drug-likeness (QED) is 0.201. The number of fused-ring (bicyclic) bond motifs is 1. The molecule has 0 amide bonds. The standard InChI is InChI=1S/C48H75NO17/c1-15-34-48(11)40(64-45(54)66-48)27(4)36(51)25(2)22-46(9,55)39(63-43-38(60-31(8)50)33(49(12)13)21-26(3)58-43)28(5)37(29(6)42(52)61-34)62-35-23-47(10,56-14)41(30(7)59-35)65-44(53)57-24-32-19-17-16-18-20-32/h16-20,25-30,33-41,43,51,55H,15,21-24H2,1-14H3/t25-,26-,27+,28+,29-,30-,33+,34-,35+,36+,37+,38-,39-,40-,41-,43+,46+,47+,48-/m1/s1. The van der Waals surface area contributed by atoms with Crippen molar-refractivity contribution in [2.75, 3.05) is 21.2 Å². The maximum absolute atomic E-state index is 14.7. The number of nitrogens with zero attached hydrogens (tertiary/aromatic N) is 1. The monoisotopic (exact) mass is 938 g/mol. The van der Waals surface area contributed by atoms with Crippen LogP contribution >= 0.6 is 0 Å². The van der Waals surface area contributed by atoms with Crippen molar-refractivity contribution in [3.8, 4) is 0 Å². The van der Waals surface area contributed by atoms with Crippen LogP contribution < -0.4 is 0 Å². The predicted molar refractivity (Wildman–Crippen MR) is 235 cm³/mol. The number of aliphatic hydroxyl groups is 2. The van der Waals surface area contributed by atoms with Crippen LogP contribution in [0.25, 0.3) is 0 Å². The van der Waals surface area contributed by atoms with E-state index in [1.807, 2.05) is 56.3 Å². The Kier molecular flexibility index (Phi) is 17.6. The van der Waals surface area contributed by atoms with Gasteiger partial charge in [-0.05, 0) is 86.4 Å². The number of cyclic esters (lactones) is 1. The molecule has 0 saturated carbocycles. The summed E-state index contributed by atoms with van der Waals surface area (Å²) >= 11 is 0. The number of ether oxygens (including phenoxy) is 11. The van der Waals surface area contributed by atoms with Crippen LogP contribution in [0.1, 0.15) is 107 Å². The number of carbonyl (C=O) groups is 4. The van der Waals surface area contributed by atoms with Crippen LogP contribution in [0, 0.1) is 23.7 Å². The van der Waals surface area contributed by atoms with Crippen molar-refractivity contribution in [1.29, 1.82) is 0 Å². The van der Waals surface area contributed by atoms with Gasteiger partial charge in [0.15, 0.2) is 36.5 Å². The molecule has 19 atom stereocenters. The fraction of sp³-hybridized carbons (Fsp3) is 0.792.